The zero-order valence-corrected chi connectivity index (χ0v) is 15.7. The minimum Gasteiger partial charge on any atom is -0.454 e. The number of benzene rings is 2. The summed E-state index contributed by atoms with van der Waals surface area (Å²) in [5.74, 6) is -2.77. The summed E-state index contributed by atoms with van der Waals surface area (Å²) < 4.78 is 17.6. The summed E-state index contributed by atoms with van der Waals surface area (Å²) in [4.78, 5) is 45.9. The molecule has 0 radical (unpaired) electrons. The van der Waals surface area contributed by atoms with Crippen molar-refractivity contribution < 1.29 is 28.4 Å². The first-order chi connectivity index (χ1) is 13.7. The van der Waals surface area contributed by atoms with Crippen molar-refractivity contribution in [3.05, 3.63) is 69.0 Å². The third-order valence-electron chi connectivity index (χ3n) is 3.95. The topological polar surface area (TPSA) is 128 Å². The van der Waals surface area contributed by atoms with E-state index in [4.69, 9.17) is 4.74 Å². The number of ether oxygens (including phenoxy) is 1. The monoisotopic (exact) mass is 403 g/mol. The first-order valence-corrected chi connectivity index (χ1v) is 8.42. The molecule has 0 saturated heterocycles. The second-order valence-electron chi connectivity index (χ2n) is 6.11. The lowest BCUT2D eigenvalue weighted by Crippen LogP contribution is -2.32. The second kappa shape index (κ2) is 9.40. The minimum atomic E-state index is -0.884. The maximum Gasteiger partial charge on any atom is 0.325 e. The number of aryl methyl sites for hydroxylation is 2. The highest BCUT2D eigenvalue weighted by atomic mass is 19.1. The molecule has 2 aromatic carbocycles. The maximum absolute atomic E-state index is 12.8. The van der Waals surface area contributed by atoms with Crippen LogP contribution >= 0.6 is 0 Å². The number of esters is 1. The molecule has 0 aliphatic rings. The Morgan fingerprint density at radius 2 is 1.72 bits per heavy atom. The van der Waals surface area contributed by atoms with Crippen LogP contribution in [0.5, 0.6) is 0 Å². The number of nitrogens with zero attached hydrogens (tertiary/aromatic N) is 1. The van der Waals surface area contributed by atoms with Gasteiger partial charge in [0.1, 0.15) is 18.0 Å². The van der Waals surface area contributed by atoms with E-state index in [0.717, 1.165) is 17.7 Å². The molecular weight excluding hydrogens is 385 g/mol. The summed E-state index contributed by atoms with van der Waals surface area (Å²) in [5, 5.41) is 15.7. The molecule has 2 amide bonds. The van der Waals surface area contributed by atoms with E-state index in [9.17, 15) is 28.9 Å². The van der Waals surface area contributed by atoms with Crippen molar-refractivity contribution in [1.29, 1.82) is 0 Å². The average Bonchev–Trinajstić information content (AvgIpc) is 2.67. The Morgan fingerprint density at radius 3 is 2.34 bits per heavy atom. The van der Waals surface area contributed by atoms with Crippen LogP contribution < -0.4 is 10.6 Å². The summed E-state index contributed by atoms with van der Waals surface area (Å²) in [6.45, 7) is 2.25. The van der Waals surface area contributed by atoms with Crippen LogP contribution in [-0.4, -0.2) is 35.9 Å². The summed E-state index contributed by atoms with van der Waals surface area (Å²) in [5.41, 5.74) is 1.30. The molecule has 0 saturated carbocycles. The van der Waals surface area contributed by atoms with Gasteiger partial charge < -0.3 is 15.4 Å². The number of carbonyl (C=O) groups is 3. The maximum atomic E-state index is 12.8. The van der Waals surface area contributed by atoms with E-state index in [0.29, 0.717) is 5.56 Å². The molecule has 2 rings (SSSR count). The van der Waals surface area contributed by atoms with Crippen molar-refractivity contribution >= 4 is 29.2 Å². The van der Waals surface area contributed by atoms with Crippen molar-refractivity contribution in [3.63, 3.8) is 0 Å². The van der Waals surface area contributed by atoms with Gasteiger partial charge >= 0.3 is 5.97 Å². The fourth-order valence-corrected chi connectivity index (χ4v) is 2.29. The van der Waals surface area contributed by atoms with Crippen molar-refractivity contribution in [2.75, 3.05) is 18.5 Å². The Morgan fingerprint density at radius 1 is 1.10 bits per heavy atom. The van der Waals surface area contributed by atoms with E-state index in [1.54, 1.807) is 13.8 Å². The van der Waals surface area contributed by atoms with Crippen LogP contribution in [0.15, 0.2) is 36.4 Å². The van der Waals surface area contributed by atoms with Crippen molar-refractivity contribution in [2.45, 2.75) is 13.8 Å². The molecule has 0 aliphatic heterocycles. The van der Waals surface area contributed by atoms with Gasteiger partial charge in [-0.1, -0.05) is 0 Å². The Labute approximate surface area is 165 Å². The van der Waals surface area contributed by atoms with Crippen LogP contribution in [0.2, 0.25) is 0 Å². The first-order valence-electron chi connectivity index (χ1n) is 8.42. The van der Waals surface area contributed by atoms with Gasteiger partial charge in [-0.3, -0.25) is 24.5 Å². The molecule has 0 heterocycles. The van der Waals surface area contributed by atoms with Gasteiger partial charge in [0.25, 0.3) is 17.5 Å². The molecule has 2 aromatic rings. The number of halogens is 1. The van der Waals surface area contributed by atoms with Crippen molar-refractivity contribution in [3.8, 4) is 0 Å². The summed E-state index contributed by atoms with van der Waals surface area (Å²) in [7, 11) is 0. The normalized spacial score (nSPS) is 10.2. The Kier molecular flexibility index (Phi) is 6.96. The Hall–Kier alpha value is -3.82. The molecule has 152 valence electrons. The third-order valence-corrected chi connectivity index (χ3v) is 3.95. The predicted molar refractivity (Wildman–Crippen MR) is 101 cm³/mol. The highest BCUT2D eigenvalue weighted by Gasteiger charge is 2.18. The van der Waals surface area contributed by atoms with Crippen LogP contribution in [0.3, 0.4) is 0 Å². The van der Waals surface area contributed by atoms with Crippen LogP contribution in [-0.2, 0) is 14.3 Å². The van der Waals surface area contributed by atoms with Gasteiger partial charge in [-0.2, -0.15) is 0 Å². The molecule has 0 aromatic heterocycles. The predicted octanol–water partition coefficient (Wildman–Crippen LogP) is 2.26. The standard InChI is InChI=1S/C19H18FN3O6/c1-11-7-15(16(23(27)28)8-12(11)2)22-17(24)10-29-18(25)9-21-19(26)13-3-5-14(20)6-4-13/h3-8H,9-10H2,1-2H3,(H,21,26)(H,22,24). The molecule has 0 unspecified atom stereocenters. The van der Waals surface area contributed by atoms with E-state index < -0.39 is 41.7 Å². The molecule has 29 heavy (non-hydrogen) atoms. The molecule has 0 fully saturated rings. The molecule has 10 heteroatoms. The number of hydrogen-bond acceptors (Lipinski definition) is 6. The van der Waals surface area contributed by atoms with E-state index in [2.05, 4.69) is 10.6 Å². The SMILES string of the molecule is Cc1cc(NC(=O)COC(=O)CNC(=O)c2ccc(F)cc2)c([N+](=O)[O-])cc1C. The van der Waals surface area contributed by atoms with E-state index in [1.165, 1.54) is 24.3 Å². The molecule has 0 aliphatic carbocycles. The molecule has 0 spiro atoms. The Balaban J connectivity index is 1.85. The highest BCUT2D eigenvalue weighted by Crippen LogP contribution is 2.27. The van der Waals surface area contributed by atoms with Crippen molar-refractivity contribution in [1.82, 2.24) is 5.32 Å². The lowest BCUT2D eigenvalue weighted by Gasteiger charge is -2.10. The van der Waals surface area contributed by atoms with Gasteiger partial charge in [-0.25, -0.2) is 4.39 Å². The number of carbonyl (C=O) groups excluding carboxylic acids is 3. The summed E-state index contributed by atoms with van der Waals surface area (Å²) in [6, 6.07) is 7.49. The number of amides is 2. The number of anilines is 1. The second-order valence-corrected chi connectivity index (χ2v) is 6.11. The van der Waals surface area contributed by atoms with Crippen LogP contribution in [0.4, 0.5) is 15.8 Å². The van der Waals surface area contributed by atoms with Gasteiger partial charge in [0.15, 0.2) is 6.61 Å². The molecule has 0 bridgehead atoms. The van der Waals surface area contributed by atoms with Crippen LogP contribution in [0.25, 0.3) is 0 Å². The smallest absolute Gasteiger partial charge is 0.325 e. The van der Waals surface area contributed by atoms with E-state index in [-0.39, 0.29) is 16.9 Å². The summed E-state index contributed by atoms with van der Waals surface area (Å²) in [6.07, 6.45) is 0. The molecule has 0 atom stereocenters. The lowest BCUT2D eigenvalue weighted by molar-refractivity contribution is -0.384. The lowest BCUT2D eigenvalue weighted by atomic mass is 10.1. The van der Waals surface area contributed by atoms with Gasteiger partial charge in [0.05, 0.1) is 4.92 Å². The zero-order chi connectivity index (χ0) is 21.6. The fraction of sp³-hybridized carbons (Fsp3) is 0.211. The molecular formula is C19H18FN3O6. The summed E-state index contributed by atoms with van der Waals surface area (Å²) >= 11 is 0. The molecule has 9 nitrogen and oxygen atoms in total. The highest BCUT2D eigenvalue weighted by molar-refractivity contribution is 5.97. The van der Waals surface area contributed by atoms with E-state index in [1.807, 2.05) is 0 Å². The van der Waals surface area contributed by atoms with E-state index >= 15 is 0 Å². The van der Waals surface area contributed by atoms with Crippen LogP contribution in [0.1, 0.15) is 21.5 Å². The zero-order valence-electron chi connectivity index (χ0n) is 15.7. The number of nitrogens with one attached hydrogen (secondary N) is 2. The van der Waals surface area contributed by atoms with Gasteiger partial charge in [0, 0.05) is 11.6 Å². The van der Waals surface area contributed by atoms with Crippen molar-refractivity contribution in [2.24, 2.45) is 0 Å². The fourth-order valence-electron chi connectivity index (χ4n) is 2.29. The van der Waals surface area contributed by atoms with Gasteiger partial charge in [-0.15, -0.1) is 0 Å². The average molecular weight is 403 g/mol. The number of nitro benzene ring substituents is 1. The third kappa shape index (κ3) is 6.09. The number of rotatable bonds is 7. The van der Waals surface area contributed by atoms with Gasteiger partial charge in [0.2, 0.25) is 0 Å². The van der Waals surface area contributed by atoms with Crippen LogP contribution in [0, 0.1) is 29.8 Å². The van der Waals surface area contributed by atoms with Gasteiger partial charge in [-0.05, 0) is 55.3 Å². The molecule has 2 N–H and O–H groups in total. The Bertz CT molecular complexity index is 959. The largest absolute Gasteiger partial charge is 0.454 e. The number of nitro groups is 1. The number of hydrogen-bond donors (Lipinski definition) is 2. The minimum absolute atomic E-state index is 0.0104. The first kappa shape index (κ1) is 21.5. The quantitative estimate of drug-likeness (QED) is 0.415.